The minimum absolute atomic E-state index is 0.339. The predicted molar refractivity (Wildman–Crippen MR) is 63.9 cm³/mol. The Bertz CT molecular complexity index is 231. The average molecular weight is 209 g/mol. The van der Waals surface area contributed by atoms with E-state index in [2.05, 4.69) is 19.2 Å². The van der Waals surface area contributed by atoms with Gasteiger partial charge in [0.15, 0.2) is 0 Å². The molecule has 86 valence electrons. The second kappa shape index (κ2) is 7.52. The quantitative estimate of drug-likeness (QED) is 0.657. The number of hydrogen-bond donors (Lipinski definition) is 1. The summed E-state index contributed by atoms with van der Waals surface area (Å²) in [7, 11) is 0. The van der Waals surface area contributed by atoms with Crippen LogP contribution in [0, 0.1) is 0 Å². The molecule has 1 aromatic rings. The third-order valence-electron chi connectivity index (χ3n) is 2.70. The second-order valence-electron chi connectivity index (χ2n) is 4.11. The number of furan rings is 1. The molecule has 2 nitrogen and oxygen atoms in total. The Morgan fingerprint density at radius 3 is 2.73 bits per heavy atom. The van der Waals surface area contributed by atoms with E-state index in [1.54, 1.807) is 6.26 Å². The summed E-state index contributed by atoms with van der Waals surface area (Å²) in [5.41, 5.74) is 0. The Morgan fingerprint density at radius 2 is 2.07 bits per heavy atom. The number of rotatable bonds is 8. The van der Waals surface area contributed by atoms with Gasteiger partial charge < -0.3 is 9.73 Å². The van der Waals surface area contributed by atoms with E-state index in [-0.39, 0.29) is 0 Å². The molecule has 0 aromatic carbocycles. The van der Waals surface area contributed by atoms with Crippen LogP contribution >= 0.6 is 0 Å². The van der Waals surface area contributed by atoms with E-state index in [1.165, 1.54) is 32.1 Å². The summed E-state index contributed by atoms with van der Waals surface area (Å²) < 4.78 is 5.33. The maximum Gasteiger partial charge on any atom is 0.120 e. The van der Waals surface area contributed by atoms with Crippen molar-refractivity contribution in [1.29, 1.82) is 0 Å². The largest absolute Gasteiger partial charge is 0.468 e. The molecule has 15 heavy (non-hydrogen) atoms. The van der Waals surface area contributed by atoms with Crippen molar-refractivity contribution in [2.75, 3.05) is 6.54 Å². The second-order valence-corrected chi connectivity index (χ2v) is 4.11. The van der Waals surface area contributed by atoms with Crippen LogP contribution in [-0.2, 0) is 0 Å². The monoisotopic (exact) mass is 209 g/mol. The number of unbranched alkanes of at least 4 members (excludes halogenated alkanes) is 4. The molecule has 0 spiro atoms. The fourth-order valence-corrected chi connectivity index (χ4v) is 1.69. The van der Waals surface area contributed by atoms with Gasteiger partial charge in [0.05, 0.1) is 12.3 Å². The Labute approximate surface area is 93.1 Å². The smallest absolute Gasteiger partial charge is 0.120 e. The van der Waals surface area contributed by atoms with Gasteiger partial charge in [0.25, 0.3) is 0 Å². The highest BCUT2D eigenvalue weighted by Crippen LogP contribution is 2.12. The molecule has 2 heteroatoms. The Morgan fingerprint density at radius 1 is 1.27 bits per heavy atom. The van der Waals surface area contributed by atoms with Gasteiger partial charge in [0.1, 0.15) is 5.76 Å². The zero-order valence-corrected chi connectivity index (χ0v) is 9.96. The molecule has 1 N–H and O–H groups in total. The molecule has 0 aliphatic carbocycles. The molecular weight excluding hydrogens is 186 g/mol. The maximum absolute atomic E-state index is 5.33. The van der Waals surface area contributed by atoms with Crippen molar-refractivity contribution in [3.63, 3.8) is 0 Å². The number of hydrogen-bond acceptors (Lipinski definition) is 2. The van der Waals surface area contributed by atoms with Crippen molar-refractivity contribution in [3.05, 3.63) is 24.2 Å². The van der Waals surface area contributed by atoms with E-state index in [0.717, 1.165) is 12.3 Å². The molecule has 1 rings (SSSR count). The maximum atomic E-state index is 5.33. The first-order chi connectivity index (χ1) is 7.34. The molecular formula is C13H23NO. The van der Waals surface area contributed by atoms with Crippen LogP contribution < -0.4 is 5.32 Å². The van der Waals surface area contributed by atoms with Crippen LogP contribution in [0.2, 0.25) is 0 Å². The van der Waals surface area contributed by atoms with Crippen LogP contribution in [0.4, 0.5) is 0 Å². The summed E-state index contributed by atoms with van der Waals surface area (Å²) in [5.74, 6) is 1.03. The van der Waals surface area contributed by atoms with Crippen LogP contribution in [-0.4, -0.2) is 6.54 Å². The van der Waals surface area contributed by atoms with Crippen molar-refractivity contribution >= 4 is 0 Å². The average Bonchev–Trinajstić information content (AvgIpc) is 2.76. The standard InChI is InChI=1S/C13H23NO/c1-3-4-5-6-7-10-14-12(2)13-9-8-11-15-13/h8-9,11-12,14H,3-7,10H2,1-2H3/t12-/m0/s1. The van der Waals surface area contributed by atoms with Crippen LogP contribution in [0.3, 0.4) is 0 Å². The minimum Gasteiger partial charge on any atom is -0.468 e. The zero-order valence-electron chi connectivity index (χ0n) is 9.96. The first kappa shape index (κ1) is 12.3. The summed E-state index contributed by atoms with van der Waals surface area (Å²) >= 11 is 0. The van der Waals surface area contributed by atoms with E-state index in [9.17, 15) is 0 Å². The fraction of sp³-hybridized carbons (Fsp3) is 0.692. The SMILES string of the molecule is CCCCCCCN[C@@H](C)c1ccco1. The lowest BCUT2D eigenvalue weighted by molar-refractivity contribution is 0.425. The predicted octanol–water partition coefficient (Wildman–Crippen LogP) is 3.90. The summed E-state index contributed by atoms with van der Waals surface area (Å²) in [5, 5.41) is 3.47. The summed E-state index contributed by atoms with van der Waals surface area (Å²) in [6.07, 6.45) is 8.39. The van der Waals surface area contributed by atoms with E-state index in [1.807, 2.05) is 12.1 Å². The van der Waals surface area contributed by atoms with Crippen molar-refractivity contribution in [2.45, 2.75) is 52.0 Å². The third-order valence-corrected chi connectivity index (χ3v) is 2.70. The van der Waals surface area contributed by atoms with Gasteiger partial charge in [-0.2, -0.15) is 0 Å². The Balaban J connectivity index is 2.00. The molecule has 0 radical (unpaired) electrons. The van der Waals surface area contributed by atoms with Gasteiger partial charge in [0.2, 0.25) is 0 Å². The van der Waals surface area contributed by atoms with Gasteiger partial charge >= 0.3 is 0 Å². The highest BCUT2D eigenvalue weighted by Gasteiger charge is 2.05. The zero-order chi connectivity index (χ0) is 10.9. The first-order valence-electron chi connectivity index (χ1n) is 6.11. The van der Waals surface area contributed by atoms with Gasteiger partial charge in [-0.1, -0.05) is 32.6 Å². The fourth-order valence-electron chi connectivity index (χ4n) is 1.69. The Kier molecular flexibility index (Phi) is 6.17. The van der Waals surface area contributed by atoms with Crippen molar-refractivity contribution in [1.82, 2.24) is 5.32 Å². The molecule has 0 unspecified atom stereocenters. The lowest BCUT2D eigenvalue weighted by Crippen LogP contribution is -2.19. The molecule has 0 aliphatic heterocycles. The highest BCUT2D eigenvalue weighted by atomic mass is 16.3. The molecule has 0 bridgehead atoms. The van der Waals surface area contributed by atoms with Gasteiger partial charge in [-0.25, -0.2) is 0 Å². The first-order valence-corrected chi connectivity index (χ1v) is 6.11. The van der Waals surface area contributed by atoms with E-state index < -0.39 is 0 Å². The van der Waals surface area contributed by atoms with E-state index >= 15 is 0 Å². The van der Waals surface area contributed by atoms with Crippen molar-refractivity contribution in [2.24, 2.45) is 0 Å². The van der Waals surface area contributed by atoms with Gasteiger partial charge in [-0.15, -0.1) is 0 Å². The molecule has 0 saturated heterocycles. The van der Waals surface area contributed by atoms with Crippen molar-refractivity contribution in [3.8, 4) is 0 Å². The molecule has 0 aliphatic rings. The minimum atomic E-state index is 0.339. The lowest BCUT2D eigenvalue weighted by atomic mass is 10.1. The lowest BCUT2D eigenvalue weighted by Gasteiger charge is -2.10. The van der Waals surface area contributed by atoms with E-state index in [4.69, 9.17) is 4.42 Å². The molecule has 0 amide bonds. The molecule has 1 heterocycles. The normalized spacial score (nSPS) is 12.9. The molecule has 0 fully saturated rings. The summed E-state index contributed by atoms with van der Waals surface area (Å²) in [6.45, 7) is 5.48. The van der Waals surface area contributed by atoms with Gasteiger partial charge in [-0.3, -0.25) is 0 Å². The van der Waals surface area contributed by atoms with Gasteiger partial charge in [0, 0.05) is 0 Å². The molecule has 0 saturated carbocycles. The van der Waals surface area contributed by atoms with Crippen LogP contribution in [0.25, 0.3) is 0 Å². The molecule has 1 aromatic heterocycles. The Hall–Kier alpha value is -0.760. The highest BCUT2D eigenvalue weighted by molar-refractivity contribution is 5.02. The topological polar surface area (TPSA) is 25.2 Å². The van der Waals surface area contributed by atoms with E-state index in [0.29, 0.717) is 6.04 Å². The number of nitrogens with one attached hydrogen (secondary N) is 1. The van der Waals surface area contributed by atoms with Crippen LogP contribution in [0.15, 0.2) is 22.8 Å². The third kappa shape index (κ3) is 5.03. The summed E-state index contributed by atoms with van der Waals surface area (Å²) in [4.78, 5) is 0. The van der Waals surface area contributed by atoms with Gasteiger partial charge in [-0.05, 0) is 32.0 Å². The molecule has 1 atom stereocenters. The van der Waals surface area contributed by atoms with Crippen molar-refractivity contribution < 1.29 is 4.42 Å². The van der Waals surface area contributed by atoms with Crippen LogP contribution in [0.1, 0.15) is 57.8 Å². The van der Waals surface area contributed by atoms with Crippen LogP contribution in [0.5, 0.6) is 0 Å². The summed E-state index contributed by atoms with van der Waals surface area (Å²) in [6, 6.07) is 4.30.